The van der Waals surface area contributed by atoms with Crippen molar-refractivity contribution < 1.29 is 9.90 Å². The standard InChI is InChI=1S/C14H15Cl2N3O2/c1-7(10-5-4-9(15)6-11(10)16)17-13-12(14(20)21)8(2)18-19(13)3/h4-7,17H,1-3H3,(H,20,21). The summed E-state index contributed by atoms with van der Waals surface area (Å²) >= 11 is 12.1. The second-order valence-electron chi connectivity index (χ2n) is 4.77. The minimum Gasteiger partial charge on any atom is -0.477 e. The molecule has 0 spiro atoms. The highest BCUT2D eigenvalue weighted by molar-refractivity contribution is 6.35. The highest BCUT2D eigenvalue weighted by Gasteiger charge is 2.21. The van der Waals surface area contributed by atoms with E-state index in [2.05, 4.69) is 10.4 Å². The quantitative estimate of drug-likeness (QED) is 0.893. The van der Waals surface area contributed by atoms with Crippen molar-refractivity contribution in [1.29, 1.82) is 0 Å². The van der Waals surface area contributed by atoms with E-state index in [1.165, 1.54) is 4.68 Å². The zero-order chi connectivity index (χ0) is 15.7. The van der Waals surface area contributed by atoms with Gasteiger partial charge < -0.3 is 10.4 Å². The van der Waals surface area contributed by atoms with Gasteiger partial charge in [0.05, 0.1) is 11.7 Å². The van der Waals surface area contributed by atoms with Crippen LogP contribution in [-0.2, 0) is 7.05 Å². The Hall–Kier alpha value is -1.72. The molecule has 0 amide bonds. The van der Waals surface area contributed by atoms with E-state index in [1.54, 1.807) is 26.1 Å². The Kier molecular flexibility index (Phi) is 4.44. The summed E-state index contributed by atoms with van der Waals surface area (Å²) in [5.41, 5.74) is 1.45. The van der Waals surface area contributed by atoms with Gasteiger partial charge in [-0.05, 0) is 31.5 Å². The molecule has 1 aromatic carbocycles. The van der Waals surface area contributed by atoms with E-state index in [1.807, 2.05) is 13.0 Å². The number of carbonyl (C=O) groups is 1. The van der Waals surface area contributed by atoms with Crippen LogP contribution in [0.1, 0.15) is 34.6 Å². The van der Waals surface area contributed by atoms with Crippen LogP contribution in [-0.4, -0.2) is 20.9 Å². The summed E-state index contributed by atoms with van der Waals surface area (Å²) in [5.74, 6) is -0.573. The Morgan fingerprint density at radius 3 is 2.67 bits per heavy atom. The average molecular weight is 328 g/mol. The second-order valence-corrected chi connectivity index (χ2v) is 5.61. The Bertz CT molecular complexity index is 698. The highest BCUT2D eigenvalue weighted by Crippen LogP contribution is 2.30. The van der Waals surface area contributed by atoms with Gasteiger partial charge in [-0.1, -0.05) is 29.3 Å². The third kappa shape index (κ3) is 3.14. The maximum absolute atomic E-state index is 11.3. The number of rotatable bonds is 4. The molecule has 0 bridgehead atoms. The van der Waals surface area contributed by atoms with E-state index >= 15 is 0 Å². The molecule has 1 heterocycles. The Morgan fingerprint density at radius 1 is 1.43 bits per heavy atom. The number of carboxylic acid groups (broad SMARTS) is 1. The maximum atomic E-state index is 11.3. The van der Waals surface area contributed by atoms with Crippen LogP contribution < -0.4 is 5.32 Å². The van der Waals surface area contributed by atoms with Crippen molar-refractivity contribution in [1.82, 2.24) is 9.78 Å². The molecule has 1 unspecified atom stereocenters. The van der Waals surface area contributed by atoms with Crippen molar-refractivity contribution >= 4 is 35.0 Å². The van der Waals surface area contributed by atoms with Crippen molar-refractivity contribution in [2.24, 2.45) is 7.05 Å². The predicted octanol–water partition coefficient (Wildman–Crippen LogP) is 3.91. The number of hydrogen-bond acceptors (Lipinski definition) is 3. The van der Waals surface area contributed by atoms with Gasteiger partial charge in [-0.25, -0.2) is 4.79 Å². The maximum Gasteiger partial charge on any atom is 0.341 e. The van der Waals surface area contributed by atoms with Crippen LogP contribution in [0.3, 0.4) is 0 Å². The summed E-state index contributed by atoms with van der Waals surface area (Å²) in [5, 5.41) is 17.7. The summed E-state index contributed by atoms with van der Waals surface area (Å²) in [6, 6.07) is 5.02. The predicted molar refractivity (Wildman–Crippen MR) is 83.4 cm³/mol. The number of aryl methyl sites for hydroxylation is 2. The molecule has 21 heavy (non-hydrogen) atoms. The molecule has 2 rings (SSSR count). The molecule has 1 aromatic heterocycles. The highest BCUT2D eigenvalue weighted by atomic mass is 35.5. The van der Waals surface area contributed by atoms with E-state index in [0.29, 0.717) is 21.6 Å². The van der Waals surface area contributed by atoms with Gasteiger partial charge in [0.25, 0.3) is 0 Å². The van der Waals surface area contributed by atoms with E-state index in [9.17, 15) is 9.90 Å². The summed E-state index contributed by atoms with van der Waals surface area (Å²) < 4.78 is 1.51. The third-order valence-corrected chi connectivity index (χ3v) is 3.78. The molecule has 0 aliphatic heterocycles. The number of aromatic nitrogens is 2. The first-order valence-corrected chi connectivity index (χ1v) is 7.05. The van der Waals surface area contributed by atoms with Crippen LogP contribution >= 0.6 is 23.2 Å². The van der Waals surface area contributed by atoms with Crippen LogP contribution in [0.5, 0.6) is 0 Å². The van der Waals surface area contributed by atoms with Crippen molar-refractivity contribution in [2.45, 2.75) is 19.9 Å². The average Bonchev–Trinajstić information content (AvgIpc) is 2.63. The Morgan fingerprint density at radius 2 is 2.10 bits per heavy atom. The van der Waals surface area contributed by atoms with Crippen molar-refractivity contribution in [3.8, 4) is 0 Å². The minimum absolute atomic E-state index is 0.162. The van der Waals surface area contributed by atoms with E-state index < -0.39 is 5.97 Å². The van der Waals surface area contributed by atoms with Crippen LogP contribution in [0.15, 0.2) is 18.2 Å². The van der Waals surface area contributed by atoms with Gasteiger partial charge in [0.1, 0.15) is 11.4 Å². The van der Waals surface area contributed by atoms with Crippen LogP contribution in [0.25, 0.3) is 0 Å². The van der Waals surface area contributed by atoms with Gasteiger partial charge in [0.15, 0.2) is 0 Å². The number of halogens is 2. The molecular weight excluding hydrogens is 313 g/mol. The van der Waals surface area contributed by atoms with Gasteiger partial charge in [-0.2, -0.15) is 5.10 Å². The van der Waals surface area contributed by atoms with Crippen LogP contribution in [0, 0.1) is 6.92 Å². The summed E-state index contributed by atoms with van der Waals surface area (Å²) in [6.45, 7) is 3.55. The molecule has 7 heteroatoms. The molecule has 112 valence electrons. The number of aromatic carboxylic acids is 1. The molecule has 0 saturated carbocycles. The first kappa shape index (κ1) is 15.7. The first-order valence-electron chi connectivity index (χ1n) is 6.29. The number of hydrogen-bond donors (Lipinski definition) is 2. The normalized spacial score (nSPS) is 12.2. The molecule has 1 atom stereocenters. The number of benzene rings is 1. The lowest BCUT2D eigenvalue weighted by Gasteiger charge is -2.17. The van der Waals surface area contributed by atoms with Crippen LogP contribution in [0.4, 0.5) is 5.82 Å². The lowest BCUT2D eigenvalue weighted by molar-refractivity contribution is 0.0697. The number of carboxylic acids is 1. The van der Waals surface area contributed by atoms with Gasteiger partial charge in [0.2, 0.25) is 0 Å². The molecule has 0 aliphatic rings. The number of nitrogens with zero attached hydrogens (tertiary/aromatic N) is 2. The van der Waals surface area contributed by atoms with E-state index in [0.717, 1.165) is 5.56 Å². The zero-order valence-corrected chi connectivity index (χ0v) is 13.3. The Balaban J connectivity index is 2.36. The first-order chi connectivity index (χ1) is 9.81. The molecule has 0 radical (unpaired) electrons. The fourth-order valence-electron chi connectivity index (χ4n) is 2.22. The van der Waals surface area contributed by atoms with Gasteiger partial charge >= 0.3 is 5.97 Å². The molecule has 0 saturated heterocycles. The lowest BCUT2D eigenvalue weighted by Crippen LogP contribution is -2.13. The number of nitrogens with one attached hydrogen (secondary N) is 1. The number of anilines is 1. The fourth-order valence-corrected chi connectivity index (χ4v) is 2.79. The van der Waals surface area contributed by atoms with Crippen molar-refractivity contribution in [2.75, 3.05) is 5.32 Å². The molecular formula is C14H15Cl2N3O2. The monoisotopic (exact) mass is 327 g/mol. The molecule has 0 aliphatic carbocycles. The third-order valence-electron chi connectivity index (χ3n) is 3.22. The minimum atomic E-state index is -1.02. The van der Waals surface area contributed by atoms with Gasteiger partial charge in [-0.15, -0.1) is 0 Å². The fraction of sp³-hybridized carbons (Fsp3) is 0.286. The molecule has 5 nitrogen and oxygen atoms in total. The lowest BCUT2D eigenvalue weighted by atomic mass is 10.1. The van der Waals surface area contributed by atoms with Crippen LogP contribution in [0.2, 0.25) is 10.0 Å². The molecule has 2 aromatic rings. The van der Waals surface area contributed by atoms with Crippen molar-refractivity contribution in [3.63, 3.8) is 0 Å². The Labute approximate surface area is 132 Å². The summed E-state index contributed by atoms with van der Waals surface area (Å²) in [7, 11) is 1.69. The zero-order valence-electron chi connectivity index (χ0n) is 11.8. The van der Waals surface area contributed by atoms with Gasteiger partial charge in [-0.3, -0.25) is 4.68 Å². The summed E-state index contributed by atoms with van der Waals surface area (Å²) in [4.78, 5) is 11.3. The van der Waals surface area contributed by atoms with Crippen molar-refractivity contribution in [3.05, 3.63) is 45.1 Å². The van der Waals surface area contributed by atoms with E-state index in [4.69, 9.17) is 23.2 Å². The van der Waals surface area contributed by atoms with E-state index in [-0.39, 0.29) is 11.6 Å². The molecule has 2 N–H and O–H groups in total. The van der Waals surface area contributed by atoms with Gasteiger partial charge in [0, 0.05) is 17.1 Å². The summed E-state index contributed by atoms with van der Waals surface area (Å²) in [6.07, 6.45) is 0. The SMILES string of the molecule is Cc1nn(C)c(NC(C)c2ccc(Cl)cc2Cl)c1C(=O)O. The second kappa shape index (κ2) is 5.95. The topological polar surface area (TPSA) is 67.2 Å². The smallest absolute Gasteiger partial charge is 0.341 e. The largest absolute Gasteiger partial charge is 0.477 e. The molecule has 0 fully saturated rings.